The minimum absolute atomic E-state index is 0.117. The third kappa shape index (κ3) is 3.02. The molecule has 0 fully saturated rings. The van der Waals surface area contributed by atoms with Gasteiger partial charge < -0.3 is 0 Å². The largest absolute Gasteiger partial charge is 0.294 e. The Kier molecular flexibility index (Phi) is 4.01. The lowest BCUT2D eigenvalue weighted by Crippen LogP contribution is -2.31. The van der Waals surface area contributed by atoms with Crippen molar-refractivity contribution in [1.82, 2.24) is 25.5 Å². The fraction of sp³-hybridized carbons (Fsp3) is 0.278. The lowest BCUT2D eigenvalue weighted by atomic mass is 9.96. The number of hydrogen-bond acceptors (Lipinski definition) is 4. The fourth-order valence-electron chi connectivity index (χ4n) is 3.28. The fourth-order valence-corrected chi connectivity index (χ4v) is 3.28. The highest BCUT2D eigenvalue weighted by Crippen LogP contribution is 2.26. The third-order valence-electron chi connectivity index (χ3n) is 4.64. The molecule has 0 bridgehead atoms. The summed E-state index contributed by atoms with van der Waals surface area (Å²) < 4.78 is 28.4. The van der Waals surface area contributed by atoms with Crippen LogP contribution in [-0.2, 0) is 19.5 Å². The average molecular weight is 341 g/mol. The van der Waals surface area contributed by atoms with E-state index in [1.54, 1.807) is 19.1 Å². The number of nitrogens with one attached hydrogen (secondary N) is 1. The molecule has 0 spiro atoms. The van der Waals surface area contributed by atoms with E-state index in [9.17, 15) is 8.78 Å². The smallest absolute Gasteiger partial charge is 0.207 e. The van der Waals surface area contributed by atoms with E-state index in [-0.39, 0.29) is 11.6 Å². The molecule has 25 heavy (non-hydrogen) atoms. The van der Waals surface area contributed by atoms with Gasteiger partial charge in [-0.05, 0) is 47.4 Å². The highest BCUT2D eigenvalue weighted by molar-refractivity contribution is 5.56. The van der Waals surface area contributed by atoms with Crippen LogP contribution in [0.1, 0.15) is 22.3 Å². The summed E-state index contributed by atoms with van der Waals surface area (Å²) in [6, 6.07) is 8.71. The van der Waals surface area contributed by atoms with Gasteiger partial charge in [-0.2, -0.15) is 5.21 Å². The average Bonchev–Trinajstić information content (AvgIpc) is 3.15. The molecule has 0 amide bonds. The Morgan fingerprint density at radius 1 is 1.20 bits per heavy atom. The summed E-state index contributed by atoms with van der Waals surface area (Å²) in [5, 5.41) is 13.5. The highest BCUT2D eigenvalue weighted by atomic mass is 19.1. The first-order valence-electron chi connectivity index (χ1n) is 8.13. The molecule has 5 nitrogen and oxygen atoms in total. The molecule has 0 saturated heterocycles. The first-order chi connectivity index (χ1) is 12.1. The second-order valence-corrected chi connectivity index (χ2v) is 6.34. The van der Waals surface area contributed by atoms with Gasteiger partial charge in [-0.15, -0.1) is 10.2 Å². The second kappa shape index (κ2) is 6.33. The number of benzene rings is 2. The van der Waals surface area contributed by atoms with Crippen LogP contribution in [0.15, 0.2) is 30.3 Å². The van der Waals surface area contributed by atoms with E-state index < -0.39 is 5.82 Å². The molecule has 0 unspecified atom stereocenters. The van der Waals surface area contributed by atoms with Gasteiger partial charge >= 0.3 is 0 Å². The van der Waals surface area contributed by atoms with Gasteiger partial charge in [0.2, 0.25) is 5.82 Å². The molecule has 1 aromatic heterocycles. The predicted molar refractivity (Wildman–Crippen MR) is 88.5 cm³/mol. The van der Waals surface area contributed by atoms with E-state index in [1.165, 1.54) is 6.07 Å². The van der Waals surface area contributed by atoms with Crippen molar-refractivity contribution in [1.29, 1.82) is 0 Å². The quantitative estimate of drug-likeness (QED) is 0.796. The Bertz CT molecular complexity index is 908. The number of aryl methyl sites for hydroxylation is 1. The zero-order valence-corrected chi connectivity index (χ0v) is 13.8. The van der Waals surface area contributed by atoms with Crippen LogP contribution in [0, 0.1) is 18.6 Å². The van der Waals surface area contributed by atoms with Gasteiger partial charge in [-0.3, -0.25) is 4.90 Å². The summed E-state index contributed by atoms with van der Waals surface area (Å²) in [4.78, 5) is 2.16. The van der Waals surface area contributed by atoms with Crippen LogP contribution in [0.4, 0.5) is 8.78 Å². The summed E-state index contributed by atoms with van der Waals surface area (Å²) >= 11 is 0. The van der Waals surface area contributed by atoms with E-state index in [2.05, 4.69) is 25.5 Å². The minimum atomic E-state index is -0.393. The van der Waals surface area contributed by atoms with Crippen molar-refractivity contribution in [2.45, 2.75) is 26.4 Å². The monoisotopic (exact) mass is 341 g/mol. The van der Waals surface area contributed by atoms with Crippen LogP contribution < -0.4 is 0 Å². The van der Waals surface area contributed by atoms with Crippen LogP contribution in [0.2, 0.25) is 0 Å². The van der Waals surface area contributed by atoms with E-state index in [0.717, 1.165) is 29.7 Å². The number of hydrogen-bond donors (Lipinski definition) is 1. The predicted octanol–water partition coefficient (Wildman–Crippen LogP) is 3.01. The van der Waals surface area contributed by atoms with Gasteiger partial charge in [0.1, 0.15) is 11.6 Å². The number of H-pyrrole nitrogens is 1. The Hall–Kier alpha value is -2.67. The maximum absolute atomic E-state index is 14.4. The zero-order valence-electron chi connectivity index (χ0n) is 13.8. The minimum Gasteiger partial charge on any atom is -0.294 e. The van der Waals surface area contributed by atoms with E-state index >= 15 is 0 Å². The number of halogens is 2. The molecular formula is C18H17F2N5. The highest BCUT2D eigenvalue weighted by Gasteiger charge is 2.21. The number of aromatic amines is 1. The van der Waals surface area contributed by atoms with Crippen LogP contribution in [0.25, 0.3) is 11.4 Å². The molecule has 1 N–H and O–H groups in total. The van der Waals surface area contributed by atoms with Crippen LogP contribution in [-0.4, -0.2) is 32.1 Å². The number of rotatable bonds is 3. The van der Waals surface area contributed by atoms with Gasteiger partial charge in [0.25, 0.3) is 0 Å². The van der Waals surface area contributed by atoms with Crippen molar-refractivity contribution in [2.75, 3.05) is 6.54 Å². The molecule has 4 rings (SSSR count). The summed E-state index contributed by atoms with van der Waals surface area (Å²) in [6.45, 7) is 3.78. The molecular weight excluding hydrogens is 324 g/mol. The van der Waals surface area contributed by atoms with E-state index in [1.807, 2.05) is 12.1 Å². The van der Waals surface area contributed by atoms with Crippen molar-refractivity contribution in [3.8, 4) is 11.4 Å². The Balaban J connectivity index is 1.57. The van der Waals surface area contributed by atoms with Crippen molar-refractivity contribution in [3.63, 3.8) is 0 Å². The molecule has 1 aliphatic heterocycles. The maximum Gasteiger partial charge on any atom is 0.207 e. The number of tetrazole rings is 1. The van der Waals surface area contributed by atoms with E-state index in [4.69, 9.17) is 0 Å². The first kappa shape index (κ1) is 15.8. The summed E-state index contributed by atoms with van der Waals surface area (Å²) in [7, 11) is 0. The lowest BCUT2D eigenvalue weighted by Gasteiger charge is -2.29. The van der Waals surface area contributed by atoms with Crippen molar-refractivity contribution in [3.05, 3.63) is 64.2 Å². The zero-order chi connectivity index (χ0) is 17.4. The van der Waals surface area contributed by atoms with Gasteiger partial charge in [0, 0.05) is 25.2 Å². The second-order valence-electron chi connectivity index (χ2n) is 6.34. The molecule has 1 aliphatic rings. The molecule has 0 radical (unpaired) electrons. The summed E-state index contributed by atoms with van der Waals surface area (Å²) in [6.07, 6.45) is 0.811. The summed E-state index contributed by atoms with van der Waals surface area (Å²) in [5.74, 6) is -0.283. The number of fused-ring (bicyclic) bond motifs is 1. The van der Waals surface area contributed by atoms with Crippen LogP contribution in [0.5, 0.6) is 0 Å². The molecule has 2 heterocycles. The third-order valence-corrected chi connectivity index (χ3v) is 4.64. The molecule has 128 valence electrons. The van der Waals surface area contributed by atoms with Crippen LogP contribution in [0.3, 0.4) is 0 Å². The Morgan fingerprint density at radius 2 is 2.08 bits per heavy atom. The van der Waals surface area contributed by atoms with Gasteiger partial charge in [0.15, 0.2) is 0 Å². The normalized spacial score (nSPS) is 14.5. The molecule has 0 atom stereocenters. The van der Waals surface area contributed by atoms with Gasteiger partial charge in [0.05, 0.1) is 5.56 Å². The molecule has 2 aromatic carbocycles. The summed E-state index contributed by atoms with van der Waals surface area (Å²) in [5.41, 5.74) is 3.75. The first-order valence-corrected chi connectivity index (χ1v) is 8.13. The maximum atomic E-state index is 14.4. The Labute approximate surface area is 143 Å². The molecule has 3 aromatic rings. The SMILES string of the molecule is Cc1ccc2c(c1F)CN(Cc1ccc(F)c(-c3nn[nH]n3)c1)CC2. The van der Waals surface area contributed by atoms with Gasteiger partial charge in [-0.25, -0.2) is 8.78 Å². The van der Waals surface area contributed by atoms with E-state index in [0.29, 0.717) is 24.2 Å². The topological polar surface area (TPSA) is 57.7 Å². The molecule has 0 aliphatic carbocycles. The number of aromatic nitrogens is 4. The van der Waals surface area contributed by atoms with Crippen molar-refractivity contribution in [2.24, 2.45) is 0 Å². The van der Waals surface area contributed by atoms with Crippen molar-refractivity contribution >= 4 is 0 Å². The molecule has 7 heteroatoms. The number of nitrogens with zero attached hydrogens (tertiary/aromatic N) is 4. The molecule has 0 saturated carbocycles. The Morgan fingerprint density at radius 3 is 2.88 bits per heavy atom. The van der Waals surface area contributed by atoms with Crippen molar-refractivity contribution < 1.29 is 8.78 Å². The van der Waals surface area contributed by atoms with Crippen LogP contribution >= 0.6 is 0 Å². The standard InChI is InChI=1S/C18H17F2N5/c1-11-2-4-13-6-7-25(10-15(13)17(11)20)9-12-3-5-16(19)14(8-12)18-21-23-24-22-18/h2-5,8H,6-7,9-10H2,1H3,(H,21,22,23,24). The lowest BCUT2D eigenvalue weighted by molar-refractivity contribution is 0.240. The van der Waals surface area contributed by atoms with Gasteiger partial charge in [-0.1, -0.05) is 18.2 Å².